The highest BCUT2D eigenvalue weighted by Gasteiger charge is 2.05. The first-order valence-corrected chi connectivity index (χ1v) is 5.65. The zero-order chi connectivity index (χ0) is 12.5. The van der Waals surface area contributed by atoms with Gasteiger partial charge in [0.25, 0.3) is 0 Å². The van der Waals surface area contributed by atoms with E-state index < -0.39 is 0 Å². The maximum absolute atomic E-state index is 5.76. The van der Waals surface area contributed by atoms with Gasteiger partial charge in [-0.1, -0.05) is 0 Å². The Balaban J connectivity index is 2.13. The van der Waals surface area contributed by atoms with Crippen molar-refractivity contribution in [1.82, 2.24) is 9.97 Å². The Labute approximate surface area is 104 Å². The first-order chi connectivity index (χ1) is 8.76. The van der Waals surface area contributed by atoms with Crippen molar-refractivity contribution in [2.24, 2.45) is 0 Å². The number of hydrogen-bond donors (Lipinski definition) is 2. The van der Waals surface area contributed by atoms with Crippen LogP contribution in [0, 0.1) is 0 Å². The molecule has 0 unspecified atom stereocenters. The molecule has 0 saturated heterocycles. The molecule has 90 valence electrons. The number of H-pyrrole nitrogens is 1. The van der Waals surface area contributed by atoms with Crippen molar-refractivity contribution >= 4 is 16.6 Å². The molecule has 0 aliphatic heterocycles. The number of rotatable bonds is 2. The average Bonchev–Trinajstić information content (AvgIpc) is 2.81. The highest BCUT2D eigenvalue weighted by Crippen LogP contribution is 2.26. The van der Waals surface area contributed by atoms with Crippen molar-refractivity contribution in [3.63, 3.8) is 0 Å². The fraction of sp³-hybridized carbons (Fsp3) is 0.0714. The second kappa shape index (κ2) is 4.07. The first-order valence-electron chi connectivity index (χ1n) is 5.65. The Morgan fingerprint density at radius 1 is 1.17 bits per heavy atom. The molecule has 4 heteroatoms. The van der Waals surface area contributed by atoms with E-state index in [-0.39, 0.29) is 0 Å². The van der Waals surface area contributed by atoms with Gasteiger partial charge in [0.05, 0.1) is 18.5 Å². The molecule has 0 radical (unpaired) electrons. The van der Waals surface area contributed by atoms with E-state index in [1.54, 1.807) is 19.4 Å². The van der Waals surface area contributed by atoms with Gasteiger partial charge in [-0.05, 0) is 30.3 Å². The topological polar surface area (TPSA) is 63.9 Å². The number of hydrogen-bond acceptors (Lipinski definition) is 3. The number of aromatic nitrogens is 2. The van der Waals surface area contributed by atoms with Crippen LogP contribution in [0.5, 0.6) is 5.75 Å². The summed E-state index contributed by atoms with van der Waals surface area (Å²) in [6, 6.07) is 11.6. The lowest BCUT2D eigenvalue weighted by Gasteiger charge is -1.98. The predicted octanol–water partition coefficient (Wildman–Crippen LogP) is 2.82. The van der Waals surface area contributed by atoms with Crippen LogP contribution < -0.4 is 10.5 Å². The van der Waals surface area contributed by atoms with E-state index in [1.807, 2.05) is 24.3 Å². The van der Waals surface area contributed by atoms with E-state index in [4.69, 9.17) is 10.5 Å². The second-order valence-corrected chi connectivity index (χ2v) is 4.11. The molecule has 3 N–H and O–H groups in total. The molecule has 3 aromatic rings. The number of anilines is 1. The SMILES string of the molecule is COc1ccc2cc(-c3cc(N)ccn3)[nH]c2c1. The summed E-state index contributed by atoms with van der Waals surface area (Å²) in [5.41, 5.74) is 9.28. The molecular weight excluding hydrogens is 226 g/mol. The van der Waals surface area contributed by atoms with Crippen LogP contribution in [0.25, 0.3) is 22.3 Å². The number of aromatic amines is 1. The van der Waals surface area contributed by atoms with Gasteiger partial charge in [0.15, 0.2) is 0 Å². The second-order valence-electron chi connectivity index (χ2n) is 4.11. The van der Waals surface area contributed by atoms with Gasteiger partial charge in [-0.2, -0.15) is 0 Å². The van der Waals surface area contributed by atoms with E-state index >= 15 is 0 Å². The summed E-state index contributed by atoms with van der Waals surface area (Å²) in [7, 11) is 1.66. The Bertz CT molecular complexity index is 703. The van der Waals surface area contributed by atoms with E-state index in [0.29, 0.717) is 5.69 Å². The van der Waals surface area contributed by atoms with Crippen molar-refractivity contribution in [1.29, 1.82) is 0 Å². The molecule has 0 spiro atoms. The number of fused-ring (bicyclic) bond motifs is 1. The number of ether oxygens (including phenoxy) is 1. The van der Waals surface area contributed by atoms with Crippen LogP contribution in [0.4, 0.5) is 5.69 Å². The molecule has 18 heavy (non-hydrogen) atoms. The van der Waals surface area contributed by atoms with Crippen LogP contribution in [0.15, 0.2) is 42.6 Å². The fourth-order valence-electron chi connectivity index (χ4n) is 1.97. The van der Waals surface area contributed by atoms with E-state index in [1.165, 1.54) is 0 Å². The Kier molecular flexibility index (Phi) is 2.41. The number of benzene rings is 1. The largest absolute Gasteiger partial charge is 0.497 e. The minimum Gasteiger partial charge on any atom is -0.497 e. The molecule has 0 fully saturated rings. The molecule has 0 aliphatic carbocycles. The monoisotopic (exact) mass is 239 g/mol. The van der Waals surface area contributed by atoms with Gasteiger partial charge in [-0.15, -0.1) is 0 Å². The van der Waals surface area contributed by atoms with Gasteiger partial charge in [0.2, 0.25) is 0 Å². The summed E-state index contributed by atoms with van der Waals surface area (Å²) < 4.78 is 5.20. The summed E-state index contributed by atoms with van der Waals surface area (Å²) in [6.45, 7) is 0. The van der Waals surface area contributed by atoms with Crippen LogP contribution in [0.2, 0.25) is 0 Å². The summed E-state index contributed by atoms with van der Waals surface area (Å²) in [5.74, 6) is 0.830. The molecule has 4 nitrogen and oxygen atoms in total. The summed E-state index contributed by atoms with van der Waals surface area (Å²) in [5, 5.41) is 1.12. The molecule has 2 heterocycles. The Hall–Kier alpha value is -2.49. The van der Waals surface area contributed by atoms with Gasteiger partial charge < -0.3 is 15.5 Å². The highest BCUT2D eigenvalue weighted by atomic mass is 16.5. The number of pyridine rings is 1. The maximum Gasteiger partial charge on any atom is 0.120 e. The van der Waals surface area contributed by atoms with Crippen molar-refractivity contribution in [2.45, 2.75) is 0 Å². The van der Waals surface area contributed by atoms with E-state index in [0.717, 1.165) is 28.0 Å². The third-order valence-corrected chi connectivity index (χ3v) is 2.89. The van der Waals surface area contributed by atoms with E-state index in [9.17, 15) is 0 Å². The van der Waals surface area contributed by atoms with Gasteiger partial charge in [-0.3, -0.25) is 4.98 Å². The Morgan fingerprint density at radius 3 is 2.83 bits per heavy atom. The van der Waals surface area contributed by atoms with Gasteiger partial charge in [0.1, 0.15) is 5.75 Å². The zero-order valence-electron chi connectivity index (χ0n) is 9.97. The number of nitrogens with two attached hydrogens (primary N) is 1. The lowest BCUT2D eigenvalue weighted by Crippen LogP contribution is -1.88. The number of methoxy groups -OCH3 is 1. The number of nitrogens with zero attached hydrogens (tertiary/aromatic N) is 1. The van der Waals surface area contributed by atoms with E-state index in [2.05, 4.69) is 16.0 Å². The minimum atomic E-state index is 0.705. The molecule has 3 rings (SSSR count). The number of nitrogen functional groups attached to an aromatic ring is 1. The lowest BCUT2D eigenvalue weighted by atomic mass is 10.2. The quantitative estimate of drug-likeness (QED) is 0.722. The average molecular weight is 239 g/mol. The van der Waals surface area contributed by atoms with Crippen molar-refractivity contribution in [3.05, 3.63) is 42.6 Å². The van der Waals surface area contributed by atoms with Crippen LogP contribution in [-0.2, 0) is 0 Å². The standard InChI is InChI=1S/C14H13N3O/c1-18-11-3-2-9-6-14(17-12(9)8-11)13-7-10(15)4-5-16-13/h2-8,17H,1H3,(H2,15,16). The van der Waals surface area contributed by atoms with Gasteiger partial charge in [0, 0.05) is 28.9 Å². The van der Waals surface area contributed by atoms with Gasteiger partial charge >= 0.3 is 0 Å². The van der Waals surface area contributed by atoms with Crippen LogP contribution in [-0.4, -0.2) is 17.1 Å². The summed E-state index contributed by atoms with van der Waals surface area (Å²) >= 11 is 0. The molecule has 1 aromatic carbocycles. The predicted molar refractivity (Wildman–Crippen MR) is 72.5 cm³/mol. The van der Waals surface area contributed by atoms with Crippen molar-refractivity contribution in [2.75, 3.05) is 12.8 Å². The fourth-order valence-corrected chi connectivity index (χ4v) is 1.97. The maximum atomic E-state index is 5.76. The summed E-state index contributed by atoms with van der Waals surface area (Å²) in [6.07, 6.45) is 1.71. The normalized spacial score (nSPS) is 10.7. The summed E-state index contributed by atoms with van der Waals surface area (Å²) in [4.78, 5) is 7.62. The molecule has 0 saturated carbocycles. The third kappa shape index (κ3) is 1.78. The number of nitrogens with one attached hydrogen (secondary N) is 1. The van der Waals surface area contributed by atoms with Crippen LogP contribution >= 0.6 is 0 Å². The van der Waals surface area contributed by atoms with Crippen molar-refractivity contribution in [3.8, 4) is 17.1 Å². The van der Waals surface area contributed by atoms with Crippen LogP contribution in [0.3, 0.4) is 0 Å². The molecule has 0 bridgehead atoms. The minimum absolute atomic E-state index is 0.705. The molecule has 0 atom stereocenters. The molecular formula is C14H13N3O. The lowest BCUT2D eigenvalue weighted by molar-refractivity contribution is 0.415. The molecule has 2 aromatic heterocycles. The van der Waals surface area contributed by atoms with Crippen molar-refractivity contribution < 1.29 is 4.74 Å². The smallest absolute Gasteiger partial charge is 0.120 e. The highest BCUT2D eigenvalue weighted by molar-refractivity contribution is 5.86. The first kappa shape index (κ1) is 10.7. The molecule has 0 amide bonds. The third-order valence-electron chi connectivity index (χ3n) is 2.89. The van der Waals surface area contributed by atoms with Crippen LogP contribution in [0.1, 0.15) is 0 Å². The molecule has 0 aliphatic rings. The van der Waals surface area contributed by atoms with Gasteiger partial charge in [-0.25, -0.2) is 0 Å². The Morgan fingerprint density at radius 2 is 2.06 bits per heavy atom. The zero-order valence-corrected chi connectivity index (χ0v) is 9.97.